The SMILES string of the molecule is O=C(c1csc(I)c1)c1cc2cc(Cl)ccc2o1. The van der Waals surface area contributed by atoms with Gasteiger partial charge < -0.3 is 4.42 Å². The molecule has 0 fully saturated rings. The van der Waals surface area contributed by atoms with E-state index in [1.807, 2.05) is 11.4 Å². The molecule has 0 saturated carbocycles. The predicted molar refractivity (Wildman–Crippen MR) is 81.7 cm³/mol. The van der Waals surface area contributed by atoms with Crippen LogP contribution in [0, 0.1) is 2.88 Å². The summed E-state index contributed by atoms with van der Waals surface area (Å²) in [5.74, 6) is 0.253. The highest BCUT2D eigenvalue weighted by molar-refractivity contribution is 14.1. The summed E-state index contributed by atoms with van der Waals surface area (Å²) in [6.45, 7) is 0. The maximum Gasteiger partial charge on any atom is 0.229 e. The molecule has 0 unspecified atom stereocenters. The van der Waals surface area contributed by atoms with Gasteiger partial charge in [0, 0.05) is 21.4 Å². The molecule has 0 aliphatic rings. The van der Waals surface area contributed by atoms with Crippen molar-refractivity contribution < 1.29 is 9.21 Å². The van der Waals surface area contributed by atoms with Crippen LogP contribution in [0.2, 0.25) is 5.02 Å². The van der Waals surface area contributed by atoms with Gasteiger partial charge in [-0.3, -0.25) is 4.79 Å². The lowest BCUT2D eigenvalue weighted by Gasteiger charge is -1.91. The predicted octanol–water partition coefficient (Wildman–Crippen LogP) is 4.98. The molecule has 0 radical (unpaired) electrons. The molecular weight excluding hydrogens is 383 g/mol. The van der Waals surface area contributed by atoms with E-state index >= 15 is 0 Å². The maximum atomic E-state index is 12.2. The van der Waals surface area contributed by atoms with Crippen molar-refractivity contribution in [2.75, 3.05) is 0 Å². The second-order valence-electron chi connectivity index (χ2n) is 3.76. The highest BCUT2D eigenvalue weighted by Crippen LogP contribution is 2.26. The Labute approximate surface area is 126 Å². The number of benzene rings is 1. The zero-order valence-electron chi connectivity index (χ0n) is 8.94. The minimum Gasteiger partial charge on any atom is -0.453 e. The summed E-state index contributed by atoms with van der Waals surface area (Å²) >= 11 is 9.63. The molecule has 0 spiro atoms. The molecule has 1 aromatic carbocycles. The monoisotopic (exact) mass is 388 g/mol. The van der Waals surface area contributed by atoms with Crippen molar-refractivity contribution in [1.29, 1.82) is 0 Å². The highest BCUT2D eigenvalue weighted by atomic mass is 127. The molecule has 3 rings (SSSR count). The Morgan fingerprint density at radius 2 is 2.11 bits per heavy atom. The zero-order valence-corrected chi connectivity index (χ0v) is 12.7. The normalized spacial score (nSPS) is 11.0. The lowest BCUT2D eigenvalue weighted by atomic mass is 10.1. The van der Waals surface area contributed by atoms with Gasteiger partial charge in [0.05, 0.1) is 2.88 Å². The number of hydrogen-bond donors (Lipinski definition) is 0. The van der Waals surface area contributed by atoms with Crippen LogP contribution in [-0.2, 0) is 0 Å². The van der Waals surface area contributed by atoms with Crippen molar-refractivity contribution in [3.63, 3.8) is 0 Å². The molecule has 5 heteroatoms. The van der Waals surface area contributed by atoms with Crippen LogP contribution in [0.1, 0.15) is 16.1 Å². The second-order valence-corrected chi connectivity index (χ2v) is 7.00. The number of thiophene rings is 1. The quantitative estimate of drug-likeness (QED) is 0.458. The van der Waals surface area contributed by atoms with Gasteiger partial charge in [-0.25, -0.2) is 0 Å². The van der Waals surface area contributed by atoms with Gasteiger partial charge in [0.15, 0.2) is 5.76 Å². The minimum absolute atomic E-state index is 0.0958. The van der Waals surface area contributed by atoms with Crippen LogP contribution < -0.4 is 0 Å². The molecule has 2 heterocycles. The number of ketones is 1. The summed E-state index contributed by atoms with van der Waals surface area (Å²) in [6.07, 6.45) is 0. The standard InChI is InChI=1S/C13H6ClIO2S/c14-9-1-2-10-7(3-9)4-11(17-10)13(16)8-5-12(15)18-6-8/h1-6H. The van der Waals surface area contributed by atoms with Gasteiger partial charge in [-0.2, -0.15) is 0 Å². The fraction of sp³-hybridized carbons (Fsp3) is 0. The first kappa shape index (κ1) is 12.2. The summed E-state index contributed by atoms with van der Waals surface area (Å²) in [6, 6.07) is 8.89. The van der Waals surface area contributed by atoms with Gasteiger partial charge in [0.25, 0.3) is 0 Å². The van der Waals surface area contributed by atoms with E-state index in [0.29, 0.717) is 21.9 Å². The van der Waals surface area contributed by atoms with Crippen LogP contribution in [-0.4, -0.2) is 5.78 Å². The molecule has 2 nitrogen and oxygen atoms in total. The number of rotatable bonds is 2. The van der Waals surface area contributed by atoms with E-state index in [-0.39, 0.29) is 5.78 Å². The molecule has 0 N–H and O–H groups in total. The Kier molecular flexibility index (Phi) is 3.17. The van der Waals surface area contributed by atoms with Crippen molar-refractivity contribution >= 4 is 62.3 Å². The number of carbonyl (C=O) groups excluding carboxylic acids is 1. The third-order valence-electron chi connectivity index (χ3n) is 2.53. The Morgan fingerprint density at radius 1 is 1.28 bits per heavy atom. The molecule has 0 atom stereocenters. The number of furan rings is 1. The minimum atomic E-state index is -0.0958. The first-order chi connectivity index (χ1) is 8.63. The van der Waals surface area contributed by atoms with E-state index in [0.717, 1.165) is 8.27 Å². The summed E-state index contributed by atoms with van der Waals surface area (Å²) in [7, 11) is 0. The lowest BCUT2D eigenvalue weighted by molar-refractivity contribution is 0.101. The van der Waals surface area contributed by atoms with Crippen molar-refractivity contribution in [3.05, 3.63) is 54.9 Å². The van der Waals surface area contributed by atoms with Crippen molar-refractivity contribution in [2.45, 2.75) is 0 Å². The number of hydrogen-bond acceptors (Lipinski definition) is 3. The fourth-order valence-corrected chi connectivity index (χ4v) is 3.20. The van der Waals surface area contributed by atoms with Crippen LogP contribution >= 0.6 is 45.5 Å². The summed E-state index contributed by atoms with van der Waals surface area (Å²) in [5.41, 5.74) is 1.34. The van der Waals surface area contributed by atoms with Crippen molar-refractivity contribution in [1.82, 2.24) is 0 Å². The Hall–Kier alpha value is -0.850. The first-order valence-corrected chi connectivity index (χ1v) is 7.45. The van der Waals surface area contributed by atoms with Crippen LogP contribution in [0.15, 0.2) is 40.1 Å². The molecule has 2 aromatic heterocycles. The summed E-state index contributed by atoms with van der Waals surface area (Å²) in [4.78, 5) is 12.2. The molecule has 3 aromatic rings. The van der Waals surface area contributed by atoms with E-state index in [2.05, 4.69) is 22.6 Å². The smallest absolute Gasteiger partial charge is 0.229 e. The lowest BCUT2D eigenvalue weighted by Crippen LogP contribution is -1.96. The average Bonchev–Trinajstić information content (AvgIpc) is 2.93. The topological polar surface area (TPSA) is 30.2 Å². The number of fused-ring (bicyclic) bond motifs is 1. The van der Waals surface area contributed by atoms with E-state index in [1.165, 1.54) is 11.3 Å². The Morgan fingerprint density at radius 3 is 2.83 bits per heavy atom. The molecule has 18 heavy (non-hydrogen) atoms. The highest BCUT2D eigenvalue weighted by Gasteiger charge is 2.15. The first-order valence-electron chi connectivity index (χ1n) is 5.11. The Balaban J connectivity index is 2.06. The van der Waals surface area contributed by atoms with Gasteiger partial charge in [-0.1, -0.05) is 11.6 Å². The van der Waals surface area contributed by atoms with Crippen LogP contribution in [0.4, 0.5) is 0 Å². The van der Waals surface area contributed by atoms with Gasteiger partial charge in [0.1, 0.15) is 5.58 Å². The van der Waals surface area contributed by atoms with Gasteiger partial charge in [-0.05, 0) is 52.9 Å². The van der Waals surface area contributed by atoms with Gasteiger partial charge in [-0.15, -0.1) is 11.3 Å². The molecule has 0 aliphatic carbocycles. The molecular formula is C13H6ClIO2S. The van der Waals surface area contributed by atoms with E-state index in [9.17, 15) is 4.79 Å². The fourth-order valence-electron chi connectivity index (χ4n) is 1.70. The molecule has 0 bridgehead atoms. The third kappa shape index (κ3) is 2.20. The van der Waals surface area contributed by atoms with Crippen LogP contribution in [0.5, 0.6) is 0 Å². The molecule has 90 valence electrons. The Bertz CT molecular complexity index is 744. The second kappa shape index (κ2) is 4.68. The van der Waals surface area contributed by atoms with E-state index in [1.54, 1.807) is 24.3 Å². The zero-order chi connectivity index (χ0) is 12.7. The van der Waals surface area contributed by atoms with E-state index < -0.39 is 0 Å². The van der Waals surface area contributed by atoms with Crippen LogP contribution in [0.25, 0.3) is 11.0 Å². The van der Waals surface area contributed by atoms with Gasteiger partial charge >= 0.3 is 0 Å². The molecule has 0 amide bonds. The summed E-state index contributed by atoms with van der Waals surface area (Å²) < 4.78 is 6.62. The molecule has 0 aliphatic heterocycles. The van der Waals surface area contributed by atoms with Crippen molar-refractivity contribution in [3.8, 4) is 0 Å². The number of carbonyl (C=O) groups is 1. The molecule has 0 saturated heterocycles. The maximum absolute atomic E-state index is 12.2. The van der Waals surface area contributed by atoms with Crippen LogP contribution in [0.3, 0.4) is 0 Å². The van der Waals surface area contributed by atoms with Gasteiger partial charge in [0.2, 0.25) is 5.78 Å². The van der Waals surface area contributed by atoms with Crippen molar-refractivity contribution in [2.24, 2.45) is 0 Å². The third-order valence-corrected chi connectivity index (χ3v) is 4.56. The van der Waals surface area contributed by atoms with E-state index in [4.69, 9.17) is 16.0 Å². The largest absolute Gasteiger partial charge is 0.453 e. The number of halogens is 2. The summed E-state index contributed by atoms with van der Waals surface area (Å²) in [5, 5.41) is 3.31. The average molecular weight is 389 g/mol.